The van der Waals surface area contributed by atoms with Crippen molar-refractivity contribution < 1.29 is 0 Å². The van der Waals surface area contributed by atoms with Gasteiger partial charge in [-0.1, -0.05) is 152 Å². The van der Waals surface area contributed by atoms with Crippen LogP contribution in [0.2, 0.25) is 0 Å². The lowest BCUT2D eigenvalue weighted by Crippen LogP contribution is -2.11. The molecule has 0 unspecified atom stereocenters. The Bertz CT molecular complexity index is 3290. The molecule has 9 aromatic carbocycles. The van der Waals surface area contributed by atoms with Crippen molar-refractivity contribution in [3.05, 3.63) is 218 Å². The lowest BCUT2D eigenvalue weighted by atomic mass is 10.00. The van der Waals surface area contributed by atoms with E-state index in [-0.39, 0.29) is 0 Å². The van der Waals surface area contributed by atoms with Crippen molar-refractivity contribution in [3.63, 3.8) is 0 Å². The first-order chi connectivity index (χ1) is 28.8. The molecular weight excluding hydrogens is 705 g/mol. The maximum Gasteiger partial charge on any atom is 0.160 e. The molecule has 4 nitrogen and oxygen atoms in total. The number of fused-ring (bicyclic) bond motifs is 5. The fraction of sp³-hybridized carbons (Fsp3) is 0. The van der Waals surface area contributed by atoms with Gasteiger partial charge in [0, 0.05) is 49.7 Å². The van der Waals surface area contributed by atoms with Gasteiger partial charge in [0.15, 0.2) is 5.82 Å². The van der Waals surface area contributed by atoms with Crippen LogP contribution in [0.5, 0.6) is 0 Å². The fourth-order valence-corrected chi connectivity index (χ4v) is 8.47. The first-order valence-corrected chi connectivity index (χ1v) is 19.7. The molecule has 0 spiro atoms. The van der Waals surface area contributed by atoms with Crippen LogP contribution in [0.4, 0.5) is 17.1 Å². The summed E-state index contributed by atoms with van der Waals surface area (Å²) in [6.07, 6.45) is 0. The Kier molecular flexibility index (Phi) is 8.11. The second-order valence-corrected chi connectivity index (χ2v) is 14.6. The van der Waals surface area contributed by atoms with Crippen molar-refractivity contribution in [2.24, 2.45) is 0 Å². The summed E-state index contributed by atoms with van der Waals surface area (Å²) in [5, 5.41) is 5.87. The molecule has 0 aliphatic rings. The summed E-state index contributed by atoms with van der Waals surface area (Å²) < 4.78 is 2.40. The monoisotopic (exact) mass is 740 g/mol. The Morgan fingerprint density at radius 3 is 1.86 bits per heavy atom. The number of para-hydroxylation sites is 3. The minimum atomic E-state index is 0.713. The van der Waals surface area contributed by atoms with Gasteiger partial charge in [-0.3, -0.25) is 0 Å². The highest BCUT2D eigenvalue weighted by molar-refractivity contribution is 6.10. The van der Waals surface area contributed by atoms with Crippen LogP contribution < -0.4 is 4.90 Å². The first-order valence-electron chi connectivity index (χ1n) is 19.7. The van der Waals surface area contributed by atoms with Crippen molar-refractivity contribution in [1.82, 2.24) is 14.5 Å². The number of nitrogens with zero attached hydrogens (tertiary/aromatic N) is 4. The highest BCUT2D eigenvalue weighted by Gasteiger charge is 2.19. The number of anilines is 3. The van der Waals surface area contributed by atoms with E-state index in [9.17, 15) is 0 Å². The largest absolute Gasteiger partial charge is 0.310 e. The molecule has 58 heavy (non-hydrogen) atoms. The van der Waals surface area contributed by atoms with E-state index in [0.717, 1.165) is 72.6 Å². The van der Waals surface area contributed by atoms with Gasteiger partial charge in [-0.2, -0.15) is 0 Å². The molecule has 0 saturated carbocycles. The Morgan fingerprint density at radius 1 is 0.362 bits per heavy atom. The number of hydrogen-bond acceptors (Lipinski definition) is 3. The Labute approximate surface area is 336 Å². The van der Waals surface area contributed by atoms with Crippen molar-refractivity contribution >= 4 is 60.5 Å². The summed E-state index contributed by atoms with van der Waals surface area (Å²) in [4.78, 5) is 12.6. The molecule has 0 amide bonds. The predicted molar refractivity (Wildman–Crippen MR) is 242 cm³/mol. The molecule has 0 atom stereocenters. The van der Waals surface area contributed by atoms with Crippen molar-refractivity contribution in [1.29, 1.82) is 0 Å². The average molecular weight is 741 g/mol. The summed E-state index contributed by atoms with van der Waals surface area (Å²) in [6, 6.07) is 77.5. The molecule has 0 aliphatic carbocycles. The van der Waals surface area contributed by atoms with Crippen LogP contribution in [-0.2, 0) is 0 Å². The number of aromatic nitrogens is 3. The van der Waals surface area contributed by atoms with E-state index in [0.29, 0.717) is 5.82 Å². The van der Waals surface area contributed by atoms with E-state index < -0.39 is 0 Å². The number of hydrogen-bond donors (Lipinski definition) is 0. The van der Waals surface area contributed by atoms with Crippen molar-refractivity contribution in [2.45, 2.75) is 0 Å². The molecule has 4 heteroatoms. The van der Waals surface area contributed by atoms with Gasteiger partial charge in [0.25, 0.3) is 0 Å². The van der Waals surface area contributed by atoms with Crippen LogP contribution in [0.15, 0.2) is 218 Å². The molecule has 11 aromatic rings. The van der Waals surface area contributed by atoms with Gasteiger partial charge in [0.2, 0.25) is 0 Å². The third kappa shape index (κ3) is 5.78. The van der Waals surface area contributed by atoms with Gasteiger partial charge in [0.05, 0.1) is 27.9 Å². The van der Waals surface area contributed by atoms with Gasteiger partial charge in [-0.15, -0.1) is 0 Å². The van der Waals surface area contributed by atoms with Crippen LogP contribution in [0.25, 0.3) is 82.9 Å². The van der Waals surface area contributed by atoms with Crippen molar-refractivity contribution in [2.75, 3.05) is 4.90 Å². The van der Waals surface area contributed by atoms with E-state index >= 15 is 0 Å². The zero-order valence-electron chi connectivity index (χ0n) is 31.6. The lowest BCUT2D eigenvalue weighted by Gasteiger charge is -2.27. The predicted octanol–water partition coefficient (Wildman–Crippen LogP) is 14.4. The minimum Gasteiger partial charge on any atom is -0.310 e. The van der Waals surface area contributed by atoms with E-state index in [1.807, 2.05) is 18.2 Å². The van der Waals surface area contributed by atoms with Crippen LogP contribution >= 0.6 is 0 Å². The number of benzene rings is 9. The Hall–Kier alpha value is -7.82. The lowest BCUT2D eigenvalue weighted by molar-refractivity contribution is 1.17. The standard InChI is InChI=1S/C54H36N4/c1-3-17-38(18-4-1)53-47-28-9-11-29-49(47)55-54(56-53)41-21-13-20-39(34-41)40-32-33-52-48(35-40)46-27-10-12-30-51(46)58(52)44-25-15-24-43(36-44)57(42-22-5-2-6-23-42)50-31-14-19-37-16-7-8-26-45(37)50/h1-36H. The molecule has 11 rings (SSSR count). The summed E-state index contributed by atoms with van der Waals surface area (Å²) in [7, 11) is 0. The highest BCUT2D eigenvalue weighted by atomic mass is 15.1. The van der Waals surface area contributed by atoms with E-state index in [1.54, 1.807) is 0 Å². The van der Waals surface area contributed by atoms with Crippen LogP contribution in [0.1, 0.15) is 0 Å². The highest BCUT2D eigenvalue weighted by Crippen LogP contribution is 2.41. The van der Waals surface area contributed by atoms with E-state index in [4.69, 9.17) is 9.97 Å². The molecule has 0 saturated heterocycles. The topological polar surface area (TPSA) is 34.0 Å². The SMILES string of the molecule is c1ccc(-c2nc(-c3cccc(-c4ccc5c(c4)c4ccccc4n5-c4cccc(N(c5ccccc5)c5cccc6ccccc56)c4)c3)nc3ccccc23)cc1. The fourth-order valence-electron chi connectivity index (χ4n) is 8.47. The van der Waals surface area contributed by atoms with E-state index in [1.165, 1.54) is 21.5 Å². The van der Waals surface area contributed by atoms with E-state index in [2.05, 4.69) is 210 Å². The zero-order valence-corrected chi connectivity index (χ0v) is 31.6. The molecule has 0 fully saturated rings. The van der Waals surface area contributed by atoms with Gasteiger partial charge >= 0.3 is 0 Å². The van der Waals surface area contributed by atoms with Gasteiger partial charge < -0.3 is 9.47 Å². The third-order valence-corrected chi connectivity index (χ3v) is 11.1. The van der Waals surface area contributed by atoms with Crippen LogP contribution in [-0.4, -0.2) is 14.5 Å². The zero-order chi connectivity index (χ0) is 38.4. The summed E-state index contributed by atoms with van der Waals surface area (Å²) in [6.45, 7) is 0. The normalized spacial score (nSPS) is 11.4. The molecule has 0 bridgehead atoms. The summed E-state index contributed by atoms with van der Waals surface area (Å²) >= 11 is 0. The van der Waals surface area contributed by atoms with Gasteiger partial charge in [-0.05, 0) is 83.2 Å². The number of rotatable bonds is 7. The Balaban J connectivity index is 1.03. The maximum absolute atomic E-state index is 5.16. The Morgan fingerprint density at radius 2 is 0.983 bits per heavy atom. The molecule has 2 heterocycles. The van der Waals surface area contributed by atoms with Crippen molar-refractivity contribution in [3.8, 4) is 39.5 Å². The smallest absolute Gasteiger partial charge is 0.160 e. The van der Waals surface area contributed by atoms with Gasteiger partial charge in [-0.25, -0.2) is 9.97 Å². The summed E-state index contributed by atoms with van der Waals surface area (Å²) in [5.74, 6) is 0.713. The molecular formula is C54H36N4. The van der Waals surface area contributed by atoms with Crippen LogP contribution in [0.3, 0.4) is 0 Å². The third-order valence-electron chi connectivity index (χ3n) is 11.1. The second kappa shape index (κ2) is 14.0. The minimum absolute atomic E-state index is 0.713. The molecule has 0 N–H and O–H groups in total. The quantitative estimate of drug-likeness (QED) is 0.163. The molecule has 0 aliphatic heterocycles. The second-order valence-electron chi connectivity index (χ2n) is 14.6. The maximum atomic E-state index is 5.16. The first kappa shape index (κ1) is 33.5. The molecule has 2 aromatic heterocycles. The van der Waals surface area contributed by atoms with Crippen LogP contribution in [0, 0.1) is 0 Å². The average Bonchev–Trinajstić information content (AvgIpc) is 3.63. The summed E-state index contributed by atoms with van der Waals surface area (Å²) in [5.41, 5.74) is 12.9. The molecule has 272 valence electrons. The van der Waals surface area contributed by atoms with Gasteiger partial charge in [0.1, 0.15) is 0 Å². The molecule has 0 radical (unpaired) electrons.